The highest BCUT2D eigenvalue weighted by atomic mass is 16.5. The first-order chi connectivity index (χ1) is 12.5. The molecule has 0 saturated heterocycles. The number of nitrogens with zero attached hydrogens (tertiary/aromatic N) is 1. The van der Waals surface area contributed by atoms with Gasteiger partial charge < -0.3 is 19.3 Å². The zero-order valence-corrected chi connectivity index (χ0v) is 15.8. The van der Waals surface area contributed by atoms with Crippen LogP contribution < -0.4 is 14.8 Å². The Morgan fingerprint density at radius 1 is 1.38 bits per heavy atom. The highest BCUT2D eigenvalue weighted by Crippen LogP contribution is 2.35. The summed E-state index contributed by atoms with van der Waals surface area (Å²) in [7, 11) is 0. The maximum Gasteiger partial charge on any atom is 0.220 e. The number of carbonyl (C=O) groups excluding carboxylic acids is 1. The fraction of sp³-hybridized carbons (Fsp3) is 0.500. The summed E-state index contributed by atoms with van der Waals surface area (Å²) in [6, 6.07) is 4.02. The van der Waals surface area contributed by atoms with Crippen molar-refractivity contribution >= 4 is 5.91 Å². The van der Waals surface area contributed by atoms with Gasteiger partial charge in [0.15, 0.2) is 0 Å². The molecule has 1 aliphatic rings. The van der Waals surface area contributed by atoms with E-state index >= 15 is 0 Å². The molecule has 0 spiro atoms. The number of aromatic nitrogens is 1. The summed E-state index contributed by atoms with van der Waals surface area (Å²) >= 11 is 0. The van der Waals surface area contributed by atoms with E-state index < -0.39 is 0 Å². The molecular formula is C20H26N2O4. The SMILES string of the molecule is CCOc1cc2c(cc1CNC(=O)CCc1c(C)noc1C)O[C@@H](C)C2. The summed E-state index contributed by atoms with van der Waals surface area (Å²) in [6.45, 7) is 8.77. The lowest BCUT2D eigenvalue weighted by Gasteiger charge is -2.13. The van der Waals surface area contributed by atoms with E-state index in [9.17, 15) is 4.79 Å². The van der Waals surface area contributed by atoms with Crippen LogP contribution >= 0.6 is 0 Å². The van der Waals surface area contributed by atoms with Gasteiger partial charge in [-0.1, -0.05) is 5.16 Å². The second-order valence-corrected chi connectivity index (χ2v) is 6.71. The van der Waals surface area contributed by atoms with Crippen LogP contribution in [0.3, 0.4) is 0 Å². The zero-order valence-electron chi connectivity index (χ0n) is 15.8. The van der Waals surface area contributed by atoms with E-state index in [1.807, 2.05) is 32.9 Å². The number of fused-ring (bicyclic) bond motifs is 1. The molecule has 0 unspecified atom stereocenters. The van der Waals surface area contributed by atoms with Crippen molar-refractivity contribution in [2.24, 2.45) is 0 Å². The van der Waals surface area contributed by atoms with Crippen LogP contribution in [0.5, 0.6) is 11.5 Å². The fourth-order valence-electron chi connectivity index (χ4n) is 3.29. The van der Waals surface area contributed by atoms with Crippen LogP contribution in [0.1, 0.15) is 48.4 Å². The third kappa shape index (κ3) is 4.00. The fourth-order valence-corrected chi connectivity index (χ4v) is 3.29. The summed E-state index contributed by atoms with van der Waals surface area (Å²) in [5, 5.41) is 6.90. The minimum Gasteiger partial charge on any atom is -0.494 e. The summed E-state index contributed by atoms with van der Waals surface area (Å²) in [4.78, 5) is 12.3. The Morgan fingerprint density at radius 3 is 2.88 bits per heavy atom. The van der Waals surface area contributed by atoms with Gasteiger partial charge in [-0.15, -0.1) is 0 Å². The molecule has 3 rings (SSSR count). The first-order valence-corrected chi connectivity index (χ1v) is 9.11. The molecule has 0 saturated carbocycles. The number of nitrogens with one attached hydrogen (secondary N) is 1. The van der Waals surface area contributed by atoms with E-state index in [-0.39, 0.29) is 12.0 Å². The Hall–Kier alpha value is -2.50. The van der Waals surface area contributed by atoms with Crippen molar-refractivity contribution in [1.29, 1.82) is 0 Å². The Morgan fingerprint density at radius 2 is 2.19 bits per heavy atom. The predicted octanol–water partition coefficient (Wildman–Crippen LogP) is 3.26. The number of hydrogen-bond donors (Lipinski definition) is 1. The van der Waals surface area contributed by atoms with Crippen LogP contribution in [-0.4, -0.2) is 23.8 Å². The second-order valence-electron chi connectivity index (χ2n) is 6.71. The predicted molar refractivity (Wildman–Crippen MR) is 97.5 cm³/mol. The van der Waals surface area contributed by atoms with E-state index in [0.29, 0.717) is 26.0 Å². The molecule has 0 radical (unpaired) electrons. The molecule has 0 bridgehead atoms. The van der Waals surface area contributed by atoms with Gasteiger partial charge in [-0.2, -0.15) is 0 Å². The second kappa shape index (κ2) is 7.81. The third-order valence-corrected chi connectivity index (χ3v) is 4.64. The molecule has 1 atom stereocenters. The Balaban J connectivity index is 1.61. The monoisotopic (exact) mass is 358 g/mol. The minimum atomic E-state index is -0.0118. The molecule has 0 aliphatic carbocycles. The number of carbonyl (C=O) groups is 1. The van der Waals surface area contributed by atoms with Crippen molar-refractivity contribution in [2.75, 3.05) is 6.61 Å². The van der Waals surface area contributed by atoms with Gasteiger partial charge in [0, 0.05) is 36.1 Å². The largest absolute Gasteiger partial charge is 0.494 e. The number of benzene rings is 1. The molecule has 140 valence electrons. The minimum absolute atomic E-state index is 0.0118. The standard InChI is InChI=1S/C20H26N2O4/c1-5-24-18-9-15-8-12(2)25-19(15)10-16(18)11-21-20(23)7-6-17-13(3)22-26-14(17)4/h9-10,12H,5-8,11H2,1-4H3,(H,21,23)/t12-/m0/s1. The summed E-state index contributed by atoms with van der Waals surface area (Å²) < 4.78 is 16.7. The lowest BCUT2D eigenvalue weighted by atomic mass is 10.1. The van der Waals surface area contributed by atoms with Gasteiger partial charge >= 0.3 is 0 Å². The summed E-state index contributed by atoms with van der Waals surface area (Å²) in [6.07, 6.45) is 2.08. The van der Waals surface area contributed by atoms with Crippen LogP contribution in [0.4, 0.5) is 0 Å². The van der Waals surface area contributed by atoms with Crippen LogP contribution in [-0.2, 0) is 24.2 Å². The Bertz CT molecular complexity index is 778. The number of ether oxygens (including phenoxy) is 2. The Kier molecular flexibility index (Phi) is 5.49. The van der Waals surface area contributed by atoms with Gasteiger partial charge in [-0.05, 0) is 46.2 Å². The normalized spacial score (nSPS) is 15.5. The molecule has 1 aromatic heterocycles. The molecular weight excluding hydrogens is 332 g/mol. The number of aryl methyl sites for hydroxylation is 2. The zero-order chi connectivity index (χ0) is 18.7. The average molecular weight is 358 g/mol. The van der Waals surface area contributed by atoms with Gasteiger partial charge in [0.2, 0.25) is 5.91 Å². The highest BCUT2D eigenvalue weighted by molar-refractivity contribution is 5.76. The quantitative estimate of drug-likeness (QED) is 0.822. The topological polar surface area (TPSA) is 73.6 Å². The molecule has 0 fully saturated rings. The van der Waals surface area contributed by atoms with Gasteiger partial charge in [0.1, 0.15) is 23.4 Å². The van der Waals surface area contributed by atoms with Crippen molar-refractivity contribution < 1.29 is 18.8 Å². The lowest BCUT2D eigenvalue weighted by molar-refractivity contribution is -0.121. The van der Waals surface area contributed by atoms with Gasteiger partial charge in [0.05, 0.1) is 12.3 Å². The van der Waals surface area contributed by atoms with Crippen molar-refractivity contribution in [3.8, 4) is 11.5 Å². The molecule has 6 heteroatoms. The molecule has 2 heterocycles. The third-order valence-electron chi connectivity index (χ3n) is 4.64. The van der Waals surface area contributed by atoms with Gasteiger partial charge in [-0.3, -0.25) is 4.79 Å². The number of rotatable bonds is 7. The average Bonchev–Trinajstić information content (AvgIpc) is 3.12. The van der Waals surface area contributed by atoms with Crippen LogP contribution in [0.25, 0.3) is 0 Å². The molecule has 1 N–H and O–H groups in total. The number of amides is 1. The van der Waals surface area contributed by atoms with E-state index in [2.05, 4.69) is 17.4 Å². The van der Waals surface area contributed by atoms with Crippen molar-refractivity contribution in [3.63, 3.8) is 0 Å². The van der Waals surface area contributed by atoms with Gasteiger partial charge in [-0.25, -0.2) is 0 Å². The van der Waals surface area contributed by atoms with Crippen LogP contribution in [0.15, 0.2) is 16.7 Å². The molecule has 2 aromatic rings. The maximum atomic E-state index is 12.3. The number of hydrogen-bond acceptors (Lipinski definition) is 5. The first kappa shape index (κ1) is 18.3. The van der Waals surface area contributed by atoms with E-state index in [4.69, 9.17) is 14.0 Å². The highest BCUT2D eigenvalue weighted by Gasteiger charge is 2.22. The molecule has 1 amide bonds. The van der Waals surface area contributed by atoms with Gasteiger partial charge in [0.25, 0.3) is 0 Å². The van der Waals surface area contributed by atoms with E-state index in [0.717, 1.165) is 46.1 Å². The van der Waals surface area contributed by atoms with E-state index in [1.54, 1.807) is 0 Å². The van der Waals surface area contributed by atoms with Crippen molar-refractivity contribution in [2.45, 2.75) is 59.6 Å². The molecule has 1 aromatic carbocycles. The van der Waals surface area contributed by atoms with Crippen LogP contribution in [0, 0.1) is 13.8 Å². The summed E-state index contributed by atoms with van der Waals surface area (Å²) in [5.41, 5.74) is 3.95. The molecule has 6 nitrogen and oxygen atoms in total. The molecule has 1 aliphatic heterocycles. The summed E-state index contributed by atoms with van der Waals surface area (Å²) in [5.74, 6) is 2.47. The van der Waals surface area contributed by atoms with Crippen molar-refractivity contribution in [1.82, 2.24) is 10.5 Å². The maximum absolute atomic E-state index is 12.3. The smallest absolute Gasteiger partial charge is 0.220 e. The Labute approximate surface area is 153 Å². The van der Waals surface area contributed by atoms with E-state index in [1.165, 1.54) is 0 Å². The van der Waals surface area contributed by atoms with Crippen LogP contribution in [0.2, 0.25) is 0 Å². The molecule has 26 heavy (non-hydrogen) atoms. The lowest BCUT2D eigenvalue weighted by Crippen LogP contribution is -2.23. The van der Waals surface area contributed by atoms with Crippen molar-refractivity contribution in [3.05, 3.63) is 40.3 Å². The first-order valence-electron chi connectivity index (χ1n) is 9.11.